The molecule has 2 N–H and O–H groups in total. The van der Waals surface area contributed by atoms with Gasteiger partial charge in [0, 0.05) is 5.75 Å². The summed E-state index contributed by atoms with van der Waals surface area (Å²) in [6.45, 7) is 0. The number of benzene rings is 1. The Morgan fingerprint density at radius 3 is 2.57 bits per heavy atom. The molecular weight excluding hydrogens is 288 g/mol. The van der Waals surface area contributed by atoms with Crippen molar-refractivity contribution in [3.63, 3.8) is 0 Å². The Morgan fingerprint density at radius 1 is 1.38 bits per heavy atom. The first-order chi connectivity index (χ1) is 10.1. The van der Waals surface area contributed by atoms with Crippen molar-refractivity contribution in [1.82, 2.24) is 5.32 Å². The number of amides is 1. The summed E-state index contributed by atoms with van der Waals surface area (Å²) in [7, 11) is 0. The van der Waals surface area contributed by atoms with Crippen molar-refractivity contribution in [2.45, 2.75) is 24.6 Å². The van der Waals surface area contributed by atoms with E-state index in [1.165, 1.54) is 11.8 Å². The minimum atomic E-state index is -0.956. The Hall–Kier alpha value is -2.00. The minimum absolute atomic E-state index is 0.0926. The van der Waals surface area contributed by atoms with Crippen LogP contribution in [0.3, 0.4) is 0 Å². The molecule has 110 valence electrons. The van der Waals surface area contributed by atoms with Crippen molar-refractivity contribution < 1.29 is 14.7 Å². The SMILES string of the molecule is N#Cc1ccc(CSCC(=O)NC(C(=O)O)C2CC2)cc1. The largest absolute Gasteiger partial charge is 0.480 e. The van der Waals surface area contributed by atoms with Gasteiger partial charge < -0.3 is 10.4 Å². The number of carbonyl (C=O) groups is 2. The summed E-state index contributed by atoms with van der Waals surface area (Å²) in [5, 5.41) is 20.3. The quantitative estimate of drug-likeness (QED) is 0.801. The normalized spacial score (nSPS) is 15.0. The van der Waals surface area contributed by atoms with Crippen LogP contribution in [0.15, 0.2) is 24.3 Å². The molecule has 0 bridgehead atoms. The lowest BCUT2D eigenvalue weighted by Crippen LogP contribution is -2.43. The third kappa shape index (κ3) is 4.80. The van der Waals surface area contributed by atoms with Gasteiger partial charge in [0.2, 0.25) is 5.91 Å². The number of aliphatic carboxylic acids is 1. The molecule has 1 amide bonds. The lowest BCUT2D eigenvalue weighted by Gasteiger charge is -2.13. The van der Waals surface area contributed by atoms with Crippen molar-refractivity contribution in [2.75, 3.05) is 5.75 Å². The van der Waals surface area contributed by atoms with Gasteiger partial charge in [-0.15, -0.1) is 11.8 Å². The fourth-order valence-corrected chi connectivity index (χ4v) is 2.76. The molecule has 1 saturated carbocycles. The molecule has 21 heavy (non-hydrogen) atoms. The van der Waals surface area contributed by atoms with Crippen LogP contribution in [0.2, 0.25) is 0 Å². The third-order valence-corrected chi connectivity index (χ3v) is 4.26. The molecule has 1 unspecified atom stereocenters. The van der Waals surface area contributed by atoms with Crippen LogP contribution >= 0.6 is 11.8 Å². The summed E-state index contributed by atoms with van der Waals surface area (Å²) in [4.78, 5) is 22.8. The number of nitrogens with one attached hydrogen (secondary N) is 1. The highest BCUT2D eigenvalue weighted by Gasteiger charge is 2.37. The van der Waals surface area contributed by atoms with E-state index in [1.54, 1.807) is 12.1 Å². The lowest BCUT2D eigenvalue weighted by atomic mass is 10.2. The van der Waals surface area contributed by atoms with Gasteiger partial charge in [-0.25, -0.2) is 4.79 Å². The van der Waals surface area contributed by atoms with Crippen LogP contribution in [-0.4, -0.2) is 28.8 Å². The zero-order valence-corrected chi connectivity index (χ0v) is 12.2. The Bertz CT molecular complexity index is 561. The van der Waals surface area contributed by atoms with Gasteiger partial charge in [0.15, 0.2) is 0 Å². The third-order valence-electron chi connectivity index (χ3n) is 3.26. The summed E-state index contributed by atoms with van der Waals surface area (Å²) in [6.07, 6.45) is 1.74. The van der Waals surface area contributed by atoms with Crippen molar-refractivity contribution in [3.8, 4) is 6.07 Å². The summed E-state index contributed by atoms with van der Waals surface area (Å²) in [5.74, 6) is -0.220. The van der Waals surface area contributed by atoms with Gasteiger partial charge in [0.25, 0.3) is 0 Å². The molecule has 1 atom stereocenters. The first-order valence-electron chi connectivity index (χ1n) is 6.69. The van der Waals surface area contributed by atoms with Gasteiger partial charge in [0.05, 0.1) is 17.4 Å². The lowest BCUT2D eigenvalue weighted by molar-refractivity contribution is -0.142. The molecule has 0 radical (unpaired) electrons. The Balaban J connectivity index is 1.73. The van der Waals surface area contributed by atoms with Gasteiger partial charge in [-0.3, -0.25) is 4.79 Å². The molecular formula is C15H16N2O3S. The van der Waals surface area contributed by atoms with Gasteiger partial charge in [-0.1, -0.05) is 12.1 Å². The van der Waals surface area contributed by atoms with Crippen molar-refractivity contribution in [1.29, 1.82) is 5.26 Å². The summed E-state index contributed by atoms with van der Waals surface area (Å²) in [6, 6.07) is 8.50. The second-order valence-electron chi connectivity index (χ2n) is 5.02. The van der Waals surface area contributed by atoms with Crippen molar-refractivity contribution in [2.24, 2.45) is 5.92 Å². The average molecular weight is 304 g/mol. The maximum Gasteiger partial charge on any atom is 0.326 e. The highest BCUT2D eigenvalue weighted by Crippen LogP contribution is 2.32. The first-order valence-corrected chi connectivity index (χ1v) is 7.84. The molecule has 0 aromatic heterocycles. The van der Waals surface area contributed by atoms with Crippen LogP contribution in [0.5, 0.6) is 0 Å². The highest BCUT2D eigenvalue weighted by atomic mass is 32.2. The molecule has 2 rings (SSSR count). The monoisotopic (exact) mass is 304 g/mol. The second-order valence-corrected chi connectivity index (χ2v) is 6.01. The van der Waals surface area contributed by atoms with Gasteiger partial charge >= 0.3 is 5.97 Å². The highest BCUT2D eigenvalue weighted by molar-refractivity contribution is 7.99. The van der Waals surface area contributed by atoms with Gasteiger partial charge in [0.1, 0.15) is 6.04 Å². The van der Waals surface area contributed by atoms with E-state index in [4.69, 9.17) is 10.4 Å². The zero-order chi connectivity index (χ0) is 15.2. The standard InChI is InChI=1S/C15H16N2O3S/c16-7-10-1-3-11(4-2-10)8-21-9-13(18)17-14(15(19)20)12-5-6-12/h1-4,12,14H,5-6,8-9H2,(H,17,18)(H,19,20). The van der Waals surface area contributed by atoms with E-state index in [1.807, 2.05) is 12.1 Å². The Kier molecular flexibility index (Phi) is 5.23. The average Bonchev–Trinajstić information content (AvgIpc) is 3.30. The topological polar surface area (TPSA) is 90.2 Å². The molecule has 0 spiro atoms. The zero-order valence-electron chi connectivity index (χ0n) is 11.4. The number of nitriles is 1. The molecule has 1 aromatic rings. The van der Waals surface area contributed by atoms with Crippen LogP contribution in [0, 0.1) is 17.2 Å². The molecule has 6 heteroatoms. The van der Waals surface area contributed by atoms with Crippen molar-refractivity contribution >= 4 is 23.6 Å². The molecule has 0 aliphatic heterocycles. The van der Waals surface area contributed by atoms with Crippen LogP contribution < -0.4 is 5.32 Å². The maximum atomic E-state index is 11.7. The van der Waals surface area contributed by atoms with Crippen molar-refractivity contribution in [3.05, 3.63) is 35.4 Å². The number of hydrogen-bond acceptors (Lipinski definition) is 4. The molecule has 5 nitrogen and oxygen atoms in total. The summed E-state index contributed by atoms with van der Waals surface area (Å²) >= 11 is 1.43. The molecule has 1 fully saturated rings. The predicted molar refractivity (Wildman–Crippen MR) is 79.6 cm³/mol. The summed E-state index contributed by atoms with van der Waals surface area (Å²) < 4.78 is 0. The number of carboxylic acid groups (broad SMARTS) is 1. The molecule has 0 saturated heterocycles. The van der Waals surface area contributed by atoms with Crippen LogP contribution in [0.1, 0.15) is 24.0 Å². The molecule has 1 aliphatic rings. The molecule has 1 aromatic carbocycles. The van der Waals surface area contributed by atoms with Gasteiger partial charge in [-0.05, 0) is 36.5 Å². The van der Waals surface area contributed by atoms with Crippen LogP contribution in [-0.2, 0) is 15.3 Å². The van der Waals surface area contributed by atoms with Crippen LogP contribution in [0.4, 0.5) is 0 Å². The second kappa shape index (κ2) is 7.14. The summed E-state index contributed by atoms with van der Waals surface area (Å²) in [5.41, 5.74) is 1.64. The molecule has 0 heterocycles. The number of nitrogens with zero attached hydrogens (tertiary/aromatic N) is 1. The van der Waals surface area contributed by atoms with E-state index >= 15 is 0 Å². The number of carboxylic acids is 1. The fraction of sp³-hybridized carbons (Fsp3) is 0.400. The van der Waals surface area contributed by atoms with E-state index in [9.17, 15) is 9.59 Å². The van der Waals surface area contributed by atoms with E-state index < -0.39 is 12.0 Å². The number of thioether (sulfide) groups is 1. The minimum Gasteiger partial charge on any atom is -0.480 e. The maximum absolute atomic E-state index is 11.7. The predicted octanol–water partition coefficient (Wildman–Crippen LogP) is 1.77. The number of hydrogen-bond donors (Lipinski definition) is 2. The molecule has 1 aliphatic carbocycles. The number of carbonyl (C=O) groups excluding carboxylic acids is 1. The van der Waals surface area contributed by atoms with Crippen LogP contribution in [0.25, 0.3) is 0 Å². The first kappa shape index (κ1) is 15.4. The Labute approximate surface area is 127 Å². The smallest absolute Gasteiger partial charge is 0.326 e. The fourth-order valence-electron chi connectivity index (χ4n) is 1.96. The number of rotatable bonds is 7. The van der Waals surface area contributed by atoms with E-state index in [-0.39, 0.29) is 17.6 Å². The van der Waals surface area contributed by atoms with E-state index in [2.05, 4.69) is 11.4 Å². The van der Waals surface area contributed by atoms with E-state index in [0.717, 1.165) is 18.4 Å². The van der Waals surface area contributed by atoms with E-state index in [0.29, 0.717) is 11.3 Å². The Morgan fingerprint density at radius 2 is 2.05 bits per heavy atom. The van der Waals surface area contributed by atoms with Gasteiger partial charge in [-0.2, -0.15) is 5.26 Å².